The summed E-state index contributed by atoms with van der Waals surface area (Å²) in [5.41, 5.74) is 4.44. The number of nitrogens with two attached hydrogens (primary N) is 1. The van der Waals surface area contributed by atoms with Gasteiger partial charge < -0.3 is 10.8 Å². The summed E-state index contributed by atoms with van der Waals surface area (Å²) in [5.74, 6) is -1.10. The van der Waals surface area contributed by atoms with Crippen LogP contribution in [0.2, 0.25) is 0 Å². The first-order valence-electron chi connectivity index (χ1n) is 4.20. The molecule has 0 saturated heterocycles. The molecule has 0 heterocycles. The molecular formula is C8H14F3NO2. The van der Waals surface area contributed by atoms with E-state index >= 15 is 0 Å². The molecule has 0 aromatic heterocycles. The molecule has 14 heavy (non-hydrogen) atoms. The van der Waals surface area contributed by atoms with Crippen molar-refractivity contribution >= 4 is 5.97 Å². The summed E-state index contributed by atoms with van der Waals surface area (Å²) in [6.07, 6.45) is -5.51. The molecule has 0 spiro atoms. The molecule has 0 aliphatic rings. The van der Waals surface area contributed by atoms with Crippen LogP contribution < -0.4 is 5.73 Å². The van der Waals surface area contributed by atoms with Gasteiger partial charge in [0.15, 0.2) is 0 Å². The van der Waals surface area contributed by atoms with Crippen LogP contribution in [0.3, 0.4) is 0 Å². The second-order valence-corrected chi connectivity index (χ2v) is 3.69. The first-order chi connectivity index (χ1) is 6.12. The van der Waals surface area contributed by atoms with Gasteiger partial charge in [0.25, 0.3) is 0 Å². The van der Waals surface area contributed by atoms with Gasteiger partial charge in [-0.05, 0) is 19.8 Å². The number of hydrogen-bond acceptors (Lipinski definition) is 2. The third-order valence-electron chi connectivity index (χ3n) is 1.76. The Balaban J connectivity index is 3.82. The van der Waals surface area contributed by atoms with Crippen molar-refractivity contribution in [2.45, 2.75) is 44.3 Å². The zero-order valence-electron chi connectivity index (χ0n) is 7.90. The summed E-state index contributed by atoms with van der Waals surface area (Å²) in [6, 6.07) is 0. The molecule has 0 radical (unpaired) electrons. The minimum Gasteiger partial charge on any atom is -0.481 e. The summed E-state index contributed by atoms with van der Waals surface area (Å²) in [5, 5.41) is 8.41. The van der Waals surface area contributed by atoms with Crippen LogP contribution in [0.15, 0.2) is 0 Å². The molecule has 0 amide bonds. The molecule has 0 aromatic rings. The van der Waals surface area contributed by atoms with Crippen LogP contribution >= 0.6 is 0 Å². The quantitative estimate of drug-likeness (QED) is 0.733. The predicted molar refractivity (Wildman–Crippen MR) is 44.8 cm³/mol. The third-order valence-corrected chi connectivity index (χ3v) is 1.76. The van der Waals surface area contributed by atoms with Gasteiger partial charge in [0.1, 0.15) is 0 Å². The molecule has 0 saturated carbocycles. The van der Waals surface area contributed by atoms with Gasteiger partial charge >= 0.3 is 12.1 Å². The molecular weight excluding hydrogens is 199 g/mol. The molecule has 0 fully saturated rings. The lowest BCUT2D eigenvalue weighted by atomic mass is 9.92. The average Bonchev–Trinajstić information content (AvgIpc) is 1.78. The van der Waals surface area contributed by atoms with Crippen molar-refractivity contribution in [2.75, 3.05) is 0 Å². The van der Waals surface area contributed by atoms with E-state index in [1.807, 2.05) is 0 Å². The Morgan fingerprint density at radius 2 is 1.86 bits per heavy atom. The van der Waals surface area contributed by atoms with Gasteiger partial charge in [-0.2, -0.15) is 13.2 Å². The topological polar surface area (TPSA) is 63.3 Å². The van der Waals surface area contributed by atoms with Gasteiger partial charge in [0.2, 0.25) is 0 Å². The number of halogens is 3. The molecule has 0 bridgehead atoms. The fraction of sp³-hybridized carbons (Fsp3) is 0.875. The minimum absolute atomic E-state index is 0.0544. The molecule has 0 aliphatic carbocycles. The molecule has 6 heteroatoms. The maximum absolute atomic E-state index is 11.7. The highest BCUT2D eigenvalue weighted by molar-refractivity contribution is 5.68. The van der Waals surface area contributed by atoms with Crippen molar-refractivity contribution in [2.24, 2.45) is 5.73 Å². The fourth-order valence-corrected chi connectivity index (χ4v) is 1.13. The van der Waals surface area contributed by atoms with Crippen molar-refractivity contribution in [1.82, 2.24) is 0 Å². The third kappa shape index (κ3) is 7.85. The van der Waals surface area contributed by atoms with Gasteiger partial charge in [-0.15, -0.1) is 0 Å². The lowest BCUT2D eigenvalue weighted by molar-refractivity contribution is -0.138. The molecule has 1 unspecified atom stereocenters. The van der Waals surface area contributed by atoms with Gasteiger partial charge in [0.05, 0.1) is 6.42 Å². The first kappa shape index (κ1) is 13.2. The van der Waals surface area contributed by atoms with Crippen LogP contribution in [-0.4, -0.2) is 22.8 Å². The van der Waals surface area contributed by atoms with Gasteiger partial charge in [-0.1, -0.05) is 0 Å². The van der Waals surface area contributed by atoms with Crippen LogP contribution in [-0.2, 0) is 4.79 Å². The molecule has 3 N–H and O–H groups in total. The highest BCUT2D eigenvalue weighted by Crippen LogP contribution is 2.25. The van der Waals surface area contributed by atoms with Crippen LogP contribution in [0.5, 0.6) is 0 Å². The van der Waals surface area contributed by atoms with E-state index in [1.54, 1.807) is 0 Å². The Labute approximate surface area is 80.1 Å². The maximum Gasteiger partial charge on any atom is 0.389 e. The van der Waals surface area contributed by atoms with E-state index in [-0.39, 0.29) is 19.3 Å². The van der Waals surface area contributed by atoms with Crippen molar-refractivity contribution in [3.05, 3.63) is 0 Å². The SMILES string of the molecule is CC(N)(CCCC(F)(F)F)CC(=O)O. The predicted octanol–water partition coefficient (Wildman–Crippen LogP) is 1.91. The van der Waals surface area contributed by atoms with Crippen LogP contribution in [0, 0.1) is 0 Å². The van der Waals surface area contributed by atoms with Crippen LogP contribution in [0.25, 0.3) is 0 Å². The zero-order chi connectivity index (χ0) is 11.4. The van der Waals surface area contributed by atoms with Crippen molar-refractivity contribution in [1.29, 1.82) is 0 Å². The van der Waals surface area contributed by atoms with E-state index in [4.69, 9.17) is 10.8 Å². The maximum atomic E-state index is 11.7. The van der Waals surface area contributed by atoms with Gasteiger partial charge in [0, 0.05) is 12.0 Å². The number of rotatable bonds is 5. The van der Waals surface area contributed by atoms with E-state index in [9.17, 15) is 18.0 Å². The second-order valence-electron chi connectivity index (χ2n) is 3.69. The first-order valence-corrected chi connectivity index (χ1v) is 4.20. The summed E-state index contributed by atoms with van der Waals surface area (Å²) in [4.78, 5) is 10.3. The van der Waals surface area contributed by atoms with Crippen LogP contribution in [0.4, 0.5) is 13.2 Å². The largest absolute Gasteiger partial charge is 0.481 e. The highest BCUT2D eigenvalue weighted by atomic mass is 19.4. The average molecular weight is 213 g/mol. The Morgan fingerprint density at radius 1 is 1.36 bits per heavy atom. The smallest absolute Gasteiger partial charge is 0.389 e. The van der Waals surface area contributed by atoms with E-state index < -0.39 is 24.1 Å². The van der Waals surface area contributed by atoms with E-state index in [2.05, 4.69) is 0 Å². The summed E-state index contributed by atoms with van der Waals surface area (Å²) < 4.78 is 35.2. The van der Waals surface area contributed by atoms with E-state index in [0.717, 1.165) is 0 Å². The number of carboxylic acids is 1. The van der Waals surface area contributed by atoms with Gasteiger partial charge in [-0.3, -0.25) is 4.79 Å². The Kier molecular flexibility index (Phi) is 4.38. The summed E-state index contributed by atoms with van der Waals surface area (Å²) in [6.45, 7) is 1.44. The van der Waals surface area contributed by atoms with Gasteiger partial charge in [-0.25, -0.2) is 0 Å². The zero-order valence-corrected chi connectivity index (χ0v) is 7.90. The number of aliphatic carboxylic acids is 1. The van der Waals surface area contributed by atoms with Crippen molar-refractivity contribution < 1.29 is 23.1 Å². The van der Waals surface area contributed by atoms with E-state index in [1.165, 1.54) is 6.92 Å². The Hall–Kier alpha value is -0.780. The molecule has 84 valence electrons. The number of hydrogen-bond donors (Lipinski definition) is 2. The van der Waals surface area contributed by atoms with E-state index in [0.29, 0.717) is 0 Å². The Morgan fingerprint density at radius 3 is 2.21 bits per heavy atom. The number of carboxylic acid groups (broad SMARTS) is 1. The van der Waals surface area contributed by atoms with Crippen molar-refractivity contribution in [3.8, 4) is 0 Å². The standard InChI is InChI=1S/C8H14F3NO2/c1-7(12,5-6(13)14)3-2-4-8(9,10)11/h2-5,12H2,1H3,(H,13,14). The normalized spacial score (nSPS) is 16.4. The lowest BCUT2D eigenvalue weighted by Crippen LogP contribution is -2.38. The van der Waals surface area contributed by atoms with Crippen LogP contribution in [0.1, 0.15) is 32.6 Å². The lowest BCUT2D eigenvalue weighted by Gasteiger charge is -2.22. The minimum atomic E-state index is -4.20. The molecule has 3 nitrogen and oxygen atoms in total. The molecule has 0 aliphatic heterocycles. The fourth-order valence-electron chi connectivity index (χ4n) is 1.13. The summed E-state index contributed by atoms with van der Waals surface area (Å²) in [7, 11) is 0. The van der Waals surface area contributed by atoms with Crippen molar-refractivity contribution in [3.63, 3.8) is 0 Å². The number of alkyl halides is 3. The monoisotopic (exact) mass is 213 g/mol. The molecule has 1 atom stereocenters. The second kappa shape index (κ2) is 4.63. The number of carbonyl (C=O) groups is 1. The molecule has 0 aromatic carbocycles. The highest BCUT2D eigenvalue weighted by Gasteiger charge is 2.29. The Bertz CT molecular complexity index is 201. The molecule has 0 rings (SSSR count). The summed E-state index contributed by atoms with van der Waals surface area (Å²) >= 11 is 0.